The highest BCUT2D eigenvalue weighted by molar-refractivity contribution is 5.97. The highest BCUT2D eigenvalue weighted by Gasteiger charge is 2.29. The average molecular weight is 251 g/mol. The monoisotopic (exact) mass is 251 g/mol. The molecular formula is C16H13NO2. The zero-order valence-electron chi connectivity index (χ0n) is 10.2. The molecule has 0 saturated carbocycles. The molecular weight excluding hydrogens is 238 g/mol. The predicted octanol–water partition coefficient (Wildman–Crippen LogP) is 2.87. The van der Waals surface area contributed by atoms with E-state index < -0.39 is 0 Å². The van der Waals surface area contributed by atoms with Crippen molar-refractivity contribution in [2.75, 3.05) is 0 Å². The van der Waals surface area contributed by atoms with Gasteiger partial charge in [-0.2, -0.15) is 5.48 Å². The van der Waals surface area contributed by atoms with E-state index in [2.05, 4.69) is 5.48 Å². The molecule has 94 valence electrons. The van der Waals surface area contributed by atoms with Crippen LogP contribution in [0.1, 0.15) is 17.0 Å². The van der Waals surface area contributed by atoms with Gasteiger partial charge in [0.15, 0.2) is 0 Å². The predicted molar refractivity (Wildman–Crippen MR) is 72.8 cm³/mol. The normalized spacial score (nSPS) is 18.2. The number of benzene rings is 2. The molecule has 19 heavy (non-hydrogen) atoms. The van der Waals surface area contributed by atoms with Crippen LogP contribution in [0.4, 0.5) is 0 Å². The van der Waals surface area contributed by atoms with Crippen LogP contribution >= 0.6 is 0 Å². The number of carbonyl (C=O) groups excluding carboxylic acids is 1. The molecule has 2 aromatic rings. The molecule has 3 nitrogen and oxygen atoms in total. The second-order valence-electron chi connectivity index (χ2n) is 4.37. The van der Waals surface area contributed by atoms with Crippen molar-refractivity contribution in [2.24, 2.45) is 0 Å². The van der Waals surface area contributed by atoms with Gasteiger partial charge < -0.3 is 4.84 Å². The van der Waals surface area contributed by atoms with Gasteiger partial charge in [-0.3, -0.25) is 4.79 Å². The summed E-state index contributed by atoms with van der Waals surface area (Å²) in [6.45, 7) is 0. The van der Waals surface area contributed by atoms with Gasteiger partial charge >= 0.3 is 0 Å². The van der Waals surface area contributed by atoms with E-state index in [4.69, 9.17) is 4.84 Å². The highest BCUT2D eigenvalue weighted by atomic mass is 16.6. The summed E-state index contributed by atoms with van der Waals surface area (Å²) < 4.78 is 0. The summed E-state index contributed by atoms with van der Waals surface area (Å²) in [6.07, 6.45) is 1.61. The first-order valence-electron chi connectivity index (χ1n) is 6.12. The van der Waals surface area contributed by atoms with E-state index in [1.54, 1.807) is 6.26 Å². The minimum Gasteiger partial charge on any atom is -0.387 e. The third-order valence-electron chi connectivity index (χ3n) is 3.16. The molecule has 0 bridgehead atoms. The van der Waals surface area contributed by atoms with Crippen LogP contribution in [0.3, 0.4) is 0 Å². The van der Waals surface area contributed by atoms with Gasteiger partial charge in [-0.25, -0.2) is 0 Å². The molecule has 1 aliphatic heterocycles. The van der Waals surface area contributed by atoms with Crippen LogP contribution in [0, 0.1) is 0 Å². The van der Waals surface area contributed by atoms with Crippen LogP contribution in [0.25, 0.3) is 5.57 Å². The molecule has 1 amide bonds. The summed E-state index contributed by atoms with van der Waals surface area (Å²) in [4.78, 5) is 17.1. The fraction of sp³-hybridized carbons (Fsp3) is 0.0625. The second-order valence-corrected chi connectivity index (χ2v) is 4.37. The zero-order valence-corrected chi connectivity index (χ0v) is 10.2. The van der Waals surface area contributed by atoms with Gasteiger partial charge in [-0.05, 0) is 11.1 Å². The molecule has 1 aliphatic rings. The Morgan fingerprint density at radius 3 is 2.21 bits per heavy atom. The van der Waals surface area contributed by atoms with E-state index in [0.717, 1.165) is 16.7 Å². The number of rotatable bonds is 2. The molecule has 0 spiro atoms. The van der Waals surface area contributed by atoms with Gasteiger partial charge in [0.25, 0.3) is 5.91 Å². The zero-order chi connectivity index (χ0) is 13.1. The molecule has 3 rings (SSSR count). The van der Waals surface area contributed by atoms with E-state index >= 15 is 0 Å². The summed E-state index contributed by atoms with van der Waals surface area (Å²) in [6, 6.07) is 19.5. The second kappa shape index (κ2) is 4.98. The number of amides is 1. The Hall–Kier alpha value is -2.55. The lowest BCUT2D eigenvalue weighted by molar-refractivity contribution is -0.131. The lowest BCUT2D eigenvalue weighted by Gasteiger charge is -2.24. The third-order valence-corrected chi connectivity index (χ3v) is 3.16. The summed E-state index contributed by atoms with van der Waals surface area (Å²) in [5.74, 6) is -0.482. The van der Waals surface area contributed by atoms with Gasteiger partial charge in [0.1, 0.15) is 6.26 Å². The quantitative estimate of drug-likeness (QED) is 0.891. The Morgan fingerprint density at radius 2 is 1.53 bits per heavy atom. The van der Waals surface area contributed by atoms with Crippen LogP contribution in [-0.4, -0.2) is 5.91 Å². The maximum Gasteiger partial charge on any atom is 0.264 e. The smallest absolute Gasteiger partial charge is 0.264 e. The molecule has 1 heterocycles. The van der Waals surface area contributed by atoms with Gasteiger partial charge in [0.2, 0.25) is 0 Å². The Bertz CT molecular complexity index is 605. The van der Waals surface area contributed by atoms with Crippen molar-refractivity contribution in [2.45, 2.75) is 5.92 Å². The van der Waals surface area contributed by atoms with Crippen LogP contribution in [0.2, 0.25) is 0 Å². The van der Waals surface area contributed by atoms with Gasteiger partial charge in [-0.15, -0.1) is 0 Å². The summed E-state index contributed by atoms with van der Waals surface area (Å²) in [5.41, 5.74) is 5.23. The van der Waals surface area contributed by atoms with Crippen LogP contribution in [-0.2, 0) is 9.63 Å². The maximum absolute atomic E-state index is 12.1. The Kier molecular flexibility index (Phi) is 3.02. The third kappa shape index (κ3) is 2.22. The molecule has 0 aromatic heterocycles. The largest absolute Gasteiger partial charge is 0.387 e. The number of hydrogen-bond acceptors (Lipinski definition) is 2. The van der Waals surface area contributed by atoms with E-state index in [1.165, 1.54) is 0 Å². The lowest BCUT2D eigenvalue weighted by atomic mass is 9.86. The SMILES string of the molecule is O=C1NOC=C(c2ccccc2)C1c1ccccc1. The molecule has 3 heteroatoms. The molecule has 1 atom stereocenters. The standard InChI is InChI=1S/C16H13NO2/c18-16-15(13-9-5-2-6-10-13)14(11-19-17-16)12-7-3-1-4-8-12/h1-11,15H,(H,17,18). The molecule has 2 aromatic carbocycles. The summed E-state index contributed by atoms with van der Waals surface area (Å²) >= 11 is 0. The first-order valence-corrected chi connectivity index (χ1v) is 6.12. The molecule has 0 saturated heterocycles. The average Bonchev–Trinajstić information content (AvgIpc) is 2.49. The number of hydrogen-bond donors (Lipinski definition) is 1. The van der Waals surface area contributed by atoms with Crippen molar-refractivity contribution in [3.63, 3.8) is 0 Å². The molecule has 1 N–H and O–H groups in total. The Morgan fingerprint density at radius 1 is 0.895 bits per heavy atom. The van der Waals surface area contributed by atoms with Crippen LogP contribution in [0.5, 0.6) is 0 Å². The van der Waals surface area contributed by atoms with Crippen LogP contribution in [0.15, 0.2) is 66.9 Å². The maximum atomic E-state index is 12.1. The molecule has 0 aliphatic carbocycles. The van der Waals surface area contributed by atoms with E-state index in [1.807, 2.05) is 60.7 Å². The van der Waals surface area contributed by atoms with Crippen molar-refractivity contribution in [1.29, 1.82) is 0 Å². The van der Waals surface area contributed by atoms with E-state index in [9.17, 15) is 4.79 Å². The van der Waals surface area contributed by atoms with Gasteiger partial charge in [0.05, 0.1) is 5.92 Å². The summed E-state index contributed by atoms with van der Waals surface area (Å²) in [7, 11) is 0. The lowest BCUT2D eigenvalue weighted by Crippen LogP contribution is -2.32. The number of nitrogens with one attached hydrogen (secondary N) is 1. The van der Waals surface area contributed by atoms with E-state index in [-0.39, 0.29) is 11.8 Å². The van der Waals surface area contributed by atoms with Crippen molar-refractivity contribution >= 4 is 11.5 Å². The molecule has 1 unspecified atom stereocenters. The van der Waals surface area contributed by atoms with Crippen LogP contribution < -0.4 is 5.48 Å². The van der Waals surface area contributed by atoms with Gasteiger partial charge in [0, 0.05) is 5.57 Å². The Balaban J connectivity index is 2.06. The number of carbonyl (C=O) groups is 1. The first kappa shape index (κ1) is 11.5. The minimum absolute atomic E-state index is 0.146. The first-order chi connectivity index (χ1) is 9.36. The fourth-order valence-electron chi connectivity index (χ4n) is 2.26. The fourth-order valence-corrected chi connectivity index (χ4v) is 2.26. The van der Waals surface area contributed by atoms with Crippen molar-refractivity contribution in [3.05, 3.63) is 78.1 Å². The van der Waals surface area contributed by atoms with Gasteiger partial charge in [-0.1, -0.05) is 60.7 Å². The van der Waals surface area contributed by atoms with E-state index in [0.29, 0.717) is 0 Å². The van der Waals surface area contributed by atoms with Crippen molar-refractivity contribution in [3.8, 4) is 0 Å². The Labute approximate surface area is 111 Å². The van der Waals surface area contributed by atoms with Crippen molar-refractivity contribution < 1.29 is 9.63 Å². The minimum atomic E-state index is -0.336. The molecule has 0 fully saturated rings. The summed E-state index contributed by atoms with van der Waals surface area (Å²) in [5, 5.41) is 0. The van der Waals surface area contributed by atoms with Crippen molar-refractivity contribution in [1.82, 2.24) is 5.48 Å². The topological polar surface area (TPSA) is 38.3 Å². The highest BCUT2D eigenvalue weighted by Crippen LogP contribution is 2.34. The molecule has 0 radical (unpaired) electrons. The number of hydroxylamine groups is 1.